The van der Waals surface area contributed by atoms with Gasteiger partial charge in [-0.15, -0.1) is 0 Å². The number of Topliss-reactive ketones (excluding diaryl/α,β-unsaturated/α-hetero) is 1. The zero-order chi connectivity index (χ0) is 12.3. The topological polar surface area (TPSA) is 52.3 Å². The molecule has 1 fully saturated rings. The molecular weight excluding hydrogens is 214 g/mol. The van der Waals surface area contributed by atoms with Gasteiger partial charge in [0.15, 0.2) is 5.78 Å². The Bertz CT molecular complexity index is 399. The van der Waals surface area contributed by atoms with E-state index in [2.05, 4.69) is 0 Å². The van der Waals surface area contributed by atoms with Gasteiger partial charge in [-0.05, 0) is 37.8 Å². The molecule has 0 heterocycles. The molecule has 3 heteroatoms. The van der Waals surface area contributed by atoms with Crippen molar-refractivity contribution in [1.29, 1.82) is 0 Å². The Morgan fingerprint density at radius 1 is 1.47 bits per heavy atom. The zero-order valence-corrected chi connectivity index (χ0v) is 10.2. The number of benzene rings is 1. The molecule has 3 nitrogen and oxygen atoms in total. The number of hydrogen-bond donors (Lipinski definition) is 1. The lowest BCUT2D eigenvalue weighted by Gasteiger charge is -2.12. The number of rotatable bonds is 6. The summed E-state index contributed by atoms with van der Waals surface area (Å²) in [5.41, 5.74) is 6.64. The summed E-state index contributed by atoms with van der Waals surface area (Å²) in [5, 5.41) is 0. The Morgan fingerprint density at radius 2 is 2.18 bits per heavy atom. The van der Waals surface area contributed by atoms with Crippen molar-refractivity contribution in [2.75, 3.05) is 6.61 Å². The highest BCUT2D eigenvalue weighted by Crippen LogP contribution is 2.33. The first kappa shape index (κ1) is 12.1. The molecule has 17 heavy (non-hydrogen) atoms. The first-order chi connectivity index (χ1) is 8.22. The average Bonchev–Trinajstić information content (AvgIpc) is 3.13. The summed E-state index contributed by atoms with van der Waals surface area (Å²) in [4.78, 5) is 12.1. The molecule has 1 unspecified atom stereocenters. The molecule has 0 bridgehead atoms. The van der Waals surface area contributed by atoms with Crippen LogP contribution in [0, 0.1) is 5.92 Å². The molecule has 1 saturated carbocycles. The number of nitrogens with two attached hydrogens (primary N) is 1. The summed E-state index contributed by atoms with van der Waals surface area (Å²) in [6.45, 7) is 2.48. The number of ketones is 1. The van der Waals surface area contributed by atoms with Gasteiger partial charge in [0.05, 0.1) is 12.2 Å². The third-order valence-electron chi connectivity index (χ3n) is 3.14. The molecular formula is C14H19NO2. The van der Waals surface area contributed by atoms with E-state index in [9.17, 15) is 4.79 Å². The van der Waals surface area contributed by atoms with Gasteiger partial charge in [-0.2, -0.15) is 0 Å². The fraction of sp³-hybridized carbons (Fsp3) is 0.500. The van der Waals surface area contributed by atoms with E-state index < -0.39 is 0 Å². The minimum absolute atomic E-state index is 0.0113. The van der Waals surface area contributed by atoms with Crippen LogP contribution >= 0.6 is 0 Å². The molecule has 0 aliphatic heterocycles. The molecule has 1 aromatic rings. The standard InChI is InChI=1S/C14H19NO2/c1-2-17-14-6-4-3-5-11(14)13(16)9-12(15)10-7-8-10/h3-6,10,12H,2,7-9,15H2,1H3. The van der Waals surface area contributed by atoms with Crippen molar-refractivity contribution in [2.45, 2.75) is 32.2 Å². The van der Waals surface area contributed by atoms with Crippen molar-refractivity contribution in [1.82, 2.24) is 0 Å². The Balaban J connectivity index is 2.06. The van der Waals surface area contributed by atoms with Crippen molar-refractivity contribution in [2.24, 2.45) is 11.7 Å². The molecule has 0 spiro atoms. The van der Waals surface area contributed by atoms with Crippen LogP contribution in [0.5, 0.6) is 5.75 Å². The average molecular weight is 233 g/mol. The summed E-state index contributed by atoms with van der Waals surface area (Å²) in [6, 6.07) is 7.39. The van der Waals surface area contributed by atoms with Crippen LogP contribution < -0.4 is 10.5 Å². The van der Waals surface area contributed by atoms with E-state index in [0.717, 1.165) is 0 Å². The molecule has 0 aromatic heterocycles. The molecule has 1 aliphatic carbocycles. The summed E-state index contributed by atoms with van der Waals surface area (Å²) in [5.74, 6) is 1.31. The SMILES string of the molecule is CCOc1ccccc1C(=O)CC(N)C1CC1. The van der Waals surface area contributed by atoms with E-state index >= 15 is 0 Å². The van der Waals surface area contributed by atoms with Gasteiger partial charge in [0.25, 0.3) is 0 Å². The van der Waals surface area contributed by atoms with E-state index in [1.54, 1.807) is 0 Å². The highest BCUT2D eigenvalue weighted by atomic mass is 16.5. The smallest absolute Gasteiger partial charge is 0.168 e. The lowest BCUT2D eigenvalue weighted by molar-refractivity contribution is 0.0968. The number of carbonyl (C=O) groups is 1. The van der Waals surface area contributed by atoms with Crippen LogP contribution in [0.15, 0.2) is 24.3 Å². The van der Waals surface area contributed by atoms with Crippen LogP contribution in [0.1, 0.15) is 36.5 Å². The van der Waals surface area contributed by atoms with Gasteiger partial charge in [0.2, 0.25) is 0 Å². The fourth-order valence-electron chi connectivity index (χ4n) is 1.99. The second kappa shape index (κ2) is 5.32. The van der Waals surface area contributed by atoms with E-state index in [1.165, 1.54) is 12.8 Å². The monoisotopic (exact) mass is 233 g/mol. The minimum Gasteiger partial charge on any atom is -0.493 e. The first-order valence-electron chi connectivity index (χ1n) is 6.23. The van der Waals surface area contributed by atoms with Crippen LogP contribution in [0.3, 0.4) is 0 Å². The van der Waals surface area contributed by atoms with Crippen molar-refractivity contribution in [3.05, 3.63) is 29.8 Å². The Hall–Kier alpha value is -1.35. The summed E-state index contributed by atoms with van der Waals surface area (Å²) >= 11 is 0. The van der Waals surface area contributed by atoms with E-state index in [-0.39, 0.29) is 11.8 Å². The fourth-order valence-corrected chi connectivity index (χ4v) is 1.99. The molecule has 2 N–H and O–H groups in total. The molecule has 0 radical (unpaired) electrons. The van der Waals surface area contributed by atoms with Crippen molar-refractivity contribution < 1.29 is 9.53 Å². The maximum Gasteiger partial charge on any atom is 0.168 e. The van der Waals surface area contributed by atoms with Crippen molar-refractivity contribution in [3.8, 4) is 5.75 Å². The second-order valence-electron chi connectivity index (χ2n) is 4.56. The van der Waals surface area contributed by atoms with E-state index in [0.29, 0.717) is 30.3 Å². The molecule has 0 amide bonds. The summed E-state index contributed by atoms with van der Waals surface area (Å²) in [6.07, 6.45) is 2.76. The van der Waals surface area contributed by atoms with Crippen LogP contribution in [-0.2, 0) is 0 Å². The number of ether oxygens (including phenoxy) is 1. The molecule has 1 atom stereocenters. The van der Waals surface area contributed by atoms with Crippen molar-refractivity contribution in [3.63, 3.8) is 0 Å². The van der Waals surface area contributed by atoms with Gasteiger partial charge >= 0.3 is 0 Å². The summed E-state index contributed by atoms with van der Waals surface area (Å²) < 4.78 is 5.45. The molecule has 92 valence electrons. The maximum absolute atomic E-state index is 12.1. The summed E-state index contributed by atoms with van der Waals surface area (Å²) in [7, 11) is 0. The number of carbonyl (C=O) groups excluding carboxylic acids is 1. The van der Waals surface area contributed by atoms with Crippen LogP contribution in [-0.4, -0.2) is 18.4 Å². The second-order valence-corrected chi connectivity index (χ2v) is 4.56. The molecule has 1 aliphatic rings. The van der Waals surface area contributed by atoms with Crippen LogP contribution in [0.2, 0.25) is 0 Å². The normalized spacial score (nSPS) is 16.6. The Labute approximate surface area is 102 Å². The minimum atomic E-state index is 0.0113. The lowest BCUT2D eigenvalue weighted by Crippen LogP contribution is -2.26. The lowest BCUT2D eigenvalue weighted by atomic mass is 10.0. The highest BCUT2D eigenvalue weighted by molar-refractivity contribution is 5.99. The van der Waals surface area contributed by atoms with Gasteiger partial charge < -0.3 is 10.5 Å². The zero-order valence-electron chi connectivity index (χ0n) is 10.2. The third kappa shape index (κ3) is 3.07. The van der Waals surface area contributed by atoms with Gasteiger partial charge in [-0.3, -0.25) is 4.79 Å². The van der Waals surface area contributed by atoms with Crippen LogP contribution in [0.25, 0.3) is 0 Å². The van der Waals surface area contributed by atoms with Gasteiger partial charge in [0.1, 0.15) is 5.75 Å². The molecule has 2 rings (SSSR count). The van der Waals surface area contributed by atoms with E-state index in [1.807, 2.05) is 31.2 Å². The molecule has 1 aromatic carbocycles. The third-order valence-corrected chi connectivity index (χ3v) is 3.14. The highest BCUT2D eigenvalue weighted by Gasteiger charge is 2.30. The Morgan fingerprint density at radius 3 is 2.82 bits per heavy atom. The number of para-hydroxylation sites is 1. The largest absolute Gasteiger partial charge is 0.493 e. The Kier molecular flexibility index (Phi) is 3.79. The first-order valence-corrected chi connectivity index (χ1v) is 6.23. The van der Waals surface area contributed by atoms with Gasteiger partial charge in [0, 0.05) is 12.5 Å². The maximum atomic E-state index is 12.1. The van der Waals surface area contributed by atoms with Crippen LogP contribution in [0.4, 0.5) is 0 Å². The van der Waals surface area contributed by atoms with Crippen molar-refractivity contribution >= 4 is 5.78 Å². The number of hydrogen-bond acceptors (Lipinski definition) is 3. The molecule has 0 saturated heterocycles. The van der Waals surface area contributed by atoms with Gasteiger partial charge in [-0.1, -0.05) is 12.1 Å². The quantitative estimate of drug-likeness (QED) is 0.767. The van der Waals surface area contributed by atoms with Gasteiger partial charge in [-0.25, -0.2) is 0 Å². The van der Waals surface area contributed by atoms with E-state index in [4.69, 9.17) is 10.5 Å². The predicted molar refractivity (Wildman–Crippen MR) is 67.3 cm³/mol. The predicted octanol–water partition coefficient (Wildman–Crippen LogP) is 2.40.